The van der Waals surface area contributed by atoms with Crippen LogP contribution in [0.2, 0.25) is 0 Å². The predicted octanol–water partition coefficient (Wildman–Crippen LogP) is 2.32. The molecular weight excluding hydrogens is 124 g/mol. The third-order valence-electron chi connectivity index (χ3n) is 2.37. The van der Waals surface area contributed by atoms with E-state index in [-0.39, 0.29) is 0 Å². The molecule has 0 aromatic carbocycles. The van der Waals surface area contributed by atoms with Gasteiger partial charge >= 0.3 is 0 Å². The summed E-state index contributed by atoms with van der Waals surface area (Å²) in [5.74, 6) is 0.863. The molecule has 0 saturated heterocycles. The Balaban J connectivity index is 2.90. The van der Waals surface area contributed by atoms with Gasteiger partial charge in [-0.25, -0.2) is 0 Å². The van der Waals surface area contributed by atoms with Gasteiger partial charge in [-0.15, -0.1) is 0 Å². The highest BCUT2D eigenvalue weighted by atomic mass is 16.1. The highest BCUT2D eigenvalue weighted by molar-refractivity contribution is 5.98. The zero-order valence-electron chi connectivity index (χ0n) is 6.90. The van der Waals surface area contributed by atoms with Crippen LogP contribution in [0.4, 0.5) is 0 Å². The number of Topliss-reactive ketones (excluding diaryl/α,β-unsaturated/α-hetero) is 1. The van der Waals surface area contributed by atoms with E-state index in [1.165, 1.54) is 5.57 Å². The molecule has 1 atom stereocenters. The van der Waals surface area contributed by atoms with E-state index in [1.807, 2.05) is 6.92 Å². The molecule has 1 unspecified atom stereocenters. The molecular formula is C9H14O. The maximum absolute atomic E-state index is 11.1. The topological polar surface area (TPSA) is 17.1 Å². The van der Waals surface area contributed by atoms with Gasteiger partial charge in [0.25, 0.3) is 0 Å². The molecule has 0 fully saturated rings. The summed E-state index contributed by atoms with van der Waals surface area (Å²) in [6.45, 7) is 6.20. The predicted molar refractivity (Wildman–Crippen MR) is 41.8 cm³/mol. The van der Waals surface area contributed by atoms with Gasteiger partial charge in [-0.3, -0.25) is 4.79 Å². The van der Waals surface area contributed by atoms with E-state index in [2.05, 4.69) is 13.8 Å². The Morgan fingerprint density at radius 3 is 2.40 bits per heavy atom. The van der Waals surface area contributed by atoms with Crippen LogP contribution in [-0.4, -0.2) is 5.78 Å². The molecule has 0 N–H and O–H groups in total. The molecule has 0 amide bonds. The number of hydrogen-bond acceptors (Lipinski definition) is 1. The van der Waals surface area contributed by atoms with Crippen molar-refractivity contribution in [3.63, 3.8) is 0 Å². The maximum Gasteiger partial charge on any atom is 0.159 e. The molecule has 1 aliphatic rings. The van der Waals surface area contributed by atoms with Crippen molar-refractivity contribution in [2.24, 2.45) is 5.92 Å². The van der Waals surface area contributed by atoms with Crippen LogP contribution in [0.5, 0.6) is 0 Å². The lowest BCUT2D eigenvalue weighted by Gasteiger charge is -2.03. The largest absolute Gasteiger partial charge is 0.295 e. The van der Waals surface area contributed by atoms with E-state index in [0.29, 0.717) is 11.7 Å². The summed E-state index contributed by atoms with van der Waals surface area (Å²) in [7, 11) is 0. The van der Waals surface area contributed by atoms with Crippen LogP contribution < -0.4 is 0 Å². The molecule has 0 aliphatic heterocycles. The van der Waals surface area contributed by atoms with E-state index < -0.39 is 0 Å². The van der Waals surface area contributed by atoms with Gasteiger partial charge in [0.15, 0.2) is 5.78 Å². The SMILES string of the molecule is CCC1=C(C)C(=O)CC1C. The molecule has 56 valence electrons. The van der Waals surface area contributed by atoms with Crippen molar-refractivity contribution in [2.75, 3.05) is 0 Å². The lowest BCUT2D eigenvalue weighted by molar-refractivity contribution is -0.115. The third kappa shape index (κ3) is 1.00. The molecule has 1 rings (SSSR count). The summed E-state index contributed by atoms with van der Waals surface area (Å²) in [6, 6.07) is 0. The summed E-state index contributed by atoms with van der Waals surface area (Å²) in [5.41, 5.74) is 2.39. The molecule has 0 bridgehead atoms. The molecule has 1 nitrogen and oxygen atoms in total. The minimum absolute atomic E-state index is 0.351. The highest BCUT2D eigenvalue weighted by Gasteiger charge is 2.24. The monoisotopic (exact) mass is 138 g/mol. The quantitative estimate of drug-likeness (QED) is 0.543. The first-order valence-corrected chi connectivity index (χ1v) is 3.89. The first-order chi connectivity index (χ1) is 4.66. The number of carbonyl (C=O) groups excluding carboxylic acids is 1. The molecule has 0 heterocycles. The summed E-state index contributed by atoms with van der Waals surface area (Å²) in [6.07, 6.45) is 1.79. The van der Waals surface area contributed by atoms with Gasteiger partial charge in [0, 0.05) is 6.42 Å². The number of ketones is 1. The standard InChI is InChI=1S/C9H14O/c1-4-8-6(2)5-9(10)7(8)3/h6H,4-5H2,1-3H3. The van der Waals surface area contributed by atoms with Crippen LogP contribution in [0.3, 0.4) is 0 Å². The van der Waals surface area contributed by atoms with Gasteiger partial charge in [-0.1, -0.05) is 19.4 Å². The fourth-order valence-corrected chi connectivity index (χ4v) is 1.72. The first-order valence-electron chi connectivity index (χ1n) is 3.89. The fraction of sp³-hybridized carbons (Fsp3) is 0.667. The minimum atomic E-state index is 0.351. The molecule has 0 aromatic heterocycles. The molecule has 1 aliphatic carbocycles. The van der Waals surface area contributed by atoms with E-state index in [4.69, 9.17) is 0 Å². The van der Waals surface area contributed by atoms with E-state index in [0.717, 1.165) is 18.4 Å². The van der Waals surface area contributed by atoms with E-state index >= 15 is 0 Å². The smallest absolute Gasteiger partial charge is 0.159 e. The summed E-state index contributed by atoms with van der Waals surface area (Å²) >= 11 is 0. The zero-order chi connectivity index (χ0) is 7.72. The van der Waals surface area contributed by atoms with Gasteiger partial charge in [0.2, 0.25) is 0 Å². The number of rotatable bonds is 1. The molecule has 1 heteroatoms. The Hall–Kier alpha value is -0.590. The molecule has 10 heavy (non-hydrogen) atoms. The van der Waals surface area contributed by atoms with Crippen molar-refractivity contribution in [1.82, 2.24) is 0 Å². The molecule has 0 aromatic rings. The number of hydrogen-bond donors (Lipinski definition) is 0. The third-order valence-corrected chi connectivity index (χ3v) is 2.37. The van der Waals surface area contributed by atoms with Gasteiger partial charge in [0.05, 0.1) is 0 Å². The van der Waals surface area contributed by atoms with Crippen molar-refractivity contribution in [2.45, 2.75) is 33.6 Å². The first kappa shape index (κ1) is 7.52. The van der Waals surface area contributed by atoms with Gasteiger partial charge in [0.1, 0.15) is 0 Å². The Labute approximate surface area is 62.1 Å². The van der Waals surface area contributed by atoms with Gasteiger partial charge < -0.3 is 0 Å². The highest BCUT2D eigenvalue weighted by Crippen LogP contribution is 2.30. The summed E-state index contributed by atoms with van der Waals surface area (Å²) < 4.78 is 0. The van der Waals surface area contributed by atoms with Crippen LogP contribution in [0.25, 0.3) is 0 Å². The molecule has 0 radical (unpaired) electrons. The number of allylic oxidation sites excluding steroid dienone is 2. The van der Waals surface area contributed by atoms with Crippen LogP contribution >= 0.6 is 0 Å². The molecule has 0 saturated carbocycles. The lowest BCUT2D eigenvalue weighted by atomic mass is 10.0. The zero-order valence-corrected chi connectivity index (χ0v) is 6.90. The van der Waals surface area contributed by atoms with Gasteiger partial charge in [-0.2, -0.15) is 0 Å². The van der Waals surface area contributed by atoms with Crippen LogP contribution in [-0.2, 0) is 4.79 Å². The second kappa shape index (κ2) is 2.57. The van der Waals surface area contributed by atoms with Crippen molar-refractivity contribution < 1.29 is 4.79 Å². The second-order valence-corrected chi connectivity index (χ2v) is 3.03. The lowest BCUT2D eigenvalue weighted by Crippen LogP contribution is -1.93. The normalized spacial score (nSPS) is 26.3. The summed E-state index contributed by atoms with van der Waals surface area (Å²) in [4.78, 5) is 11.1. The minimum Gasteiger partial charge on any atom is -0.295 e. The maximum atomic E-state index is 11.1. The fourth-order valence-electron chi connectivity index (χ4n) is 1.72. The van der Waals surface area contributed by atoms with Gasteiger partial charge in [-0.05, 0) is 24.8 Å². The second-order valence-electron chi connectivity index (χ2n) is 3.03. The van der Waals surface area contributed by atoms with E-state index in [1.54, 1.807) is 0 Å². The van der Waals surface area contributed by atoms with Crippen molar-refractivity contribution in [1.29, 1.82) is 0 Å². The van der Waals surface area contributed by atoms with Crippen LogP contribution in [0, 0.1) is 5.92 Å². The Kier molecular flexibility index (Phi) is 1.93. The van der Waals surface area contributed by atoms with E-state index in [9.17, 15) is 4.79 Å². The van der Waals surface area contributed by atoms with Crippen LogP contribution in [0.15, 0.2) is 11.1 Å². The average Bonchev–Trinajstić information content (AvgIpc) is 2.09. The van der Waals surface area contributed by atoms with Crippen molar-refractivity contribution in [3.05, 3.63) is 11.1 Å². The molecule has 0 spiro atoms. The Bertz CT molecular complexity index is 189. The number of carbonyl (C=O) groups is 1. The van der Waals surface area contributed by atoms with Crippen molar-refractivity contribution >= 4 is 5.78 Å². The van der Waals surface area contributed by atoms with Crippen LogP contribution in [0.1, 0.15) is 33.6 Å². The van der Waals surface area contributed by atoms with Crippen molar-refractivity contribution in [3.8, 4) is 0 Å². The summed E-state index contributed by atoms with van der Waals surface area (Å²) in [5, 5.41) is 0. The Morgan fingerprint density at radius 2 is 2.20 bits per heavy atom. The Morgan fingerprint density at radius 1 is 1.60 bits per heavy atom. The average molecular weight is 138 g/mol.